The summed E-state index contributed by atoms with van der Waals surface area (Å²) in [5, 5.41) is 9.93. The SMILES string of the molecule is [C-]#[N+]c1ccc(-c2cc(-c3ccc(-c4c5c(cc6c4C(C)(C)CC6(CC)CC)C(CC)(CC)CC5(C)C)cc3)n3c2N=C2C(c4ccc(C#N)cc4)=CC(c4ccc(-c5c6c(cc7c5C(C)(C)CC7(CC)CC)C(CC)(CC)CC6(C)C)cc4)=[N+]2[B-]3(F)F)cc1. The number of allylic oxidation sites excluding steroid dienone is 1. The van der Waals surface area contributed by atoms with Crippen molar-refractivity contribution in [1.82, 2.24) is 4.48 Å². The second-order valence-electron chi connectivity index (χ2n) is 30.9. The number of halogens is 2. The molecule has 0 saturated heterocycles. The van der Waals surface area contributed by atoms with Crippen molar-refractivity contribution in [3.8, 4) is 50.7 Å². The van der Waals surface area contributed by atoms with E-state index in [9.17, 15) is 5.26 Å². The van der Waals surface area contributed by atoms with Gasteiger partial charge in [0.25, 0.3) is 5.84 Å². The van der Waals surface area contributed by atoms with Gasteiger partial charge in [-0.1, -0.05) is 208 Å². The summed E-state index contributed by atoms with van der Waals surface area (Å²) in [5.74, 6) is 0.318. The molecule has 1 aromatic heterocycles. The molecule has 0 radical (unpaired) electrons. The number of nitriles is 1. The highest BCUT2D eigenvalue weighted by Gasteiger charge is 2.57. The van der Waals surface area contributed by atoms with Crippen LogP contribution in [0.3, 0.4) is 0 Å². The molecule has 0 N–H and O–H groups in total. The number of benzene rings is 6. The fourth-order valence-electron chi connectivity index (χ4n) is 20.1. The Labute approximate surface area is 536 Å². The van der Waals surface area contributed by atoms with Gasteiger partial charge in [0.15, 0.2) is 5.69 Å². The van der Waals surface area contributed by atoms with Crippen molar-refractivity contribution in [2.75, 3.05) is 0 Å². The first-order chi connectivity index (χ1) is 42.7. The van der Waals surface area contributed by atoms with E-state index in [4.69, 9.17) is 11.6 Å². The summed E-state index contributed by atoms with van der Waals surface area (Å²) >= 11 is 0. The Morgan fingerprint density at radius 1 is 0.500 bits per heavy atom. The van der Waals surface area contributed by atoms with Gasteiger partial charge in [-0.05, 0) is 233 Å². The van der Waals surface area contributed by atoms with Gasteiger partial charge in [-0.15, -0.1) is 0 Å². The highest BCUT2D eigenvalue weighted by Crippen LogP contribution is 2.66. The van der Waals surface area contributed by atoms with Crippen LogP contribution in [0.15, 0.2) is 126 Å². The zero-order valence-electron chi connectivity index (χ0n) is 56.6. The van der Waals surface area contributed by atoms with Crippen LogP contribution in [0, 0.1) is 17.9 Å². The molecule has 90 heavy (non-hydrogen) atoms. The predicted octanol–water partition coefficient (Wildman–Crippen LogP) is 22.4. The van der Waals surface area contributed by atoms with E-state index in [1.807, 2.05) is 36.4 Å². The maximum Gasteiger partial charge on any atom is 0.642 e. The monoisotopic (exact) mass is 1200 g/mol. The minimum Gasteiger partial charge on any atom is -0.414 e. The van der Waals surface area contributed by atoms with Crippen molar-refractivity contribution in [3.63, 3.8) is 0 Å². The molecule has 13 rings (SSSR count). The number of fused-ring (bicyclic) bond motifs is 6. The first-order valence-corrected chi connectivity index (χ1v) is 34.1. The standard InChI is InChI=1S/C82H92BF2N5/c1-18-79(19-2)47-75(9,10)69-61(79)44-62-70(76(11,12)48-80(62,20-3)21-4)67(69)56-34-30-54(31-35-56)65-42-59(52-28-26-51(46-86)27-29-52)73-88-74-60(53-38-40-58(87-17)41-39-53)43-66(90(74)83(84,85)89(65)73)55-32-36-57(37-33-55)68-71-63(81(22-5,23-6)49-77(71,13)14)45-64-72(68)78(15,16)50-82(64,24-7)25-8/h26-45H,18-25,47-50H2,1-16H3. The van der Waals surface area contributed by atoms with E-state index in [1.54, 1.807) is 24.3 Å². The Morgan fingerprint density at radius 3 is 1.22 bits per heavy atom. The molecule has 0 unspecified atom stereocenters. The smallest absolute Gasteiger partial charge is 0.414 e. The number of aromatic nitrogens is 1. The van der Waals surface area contributed by atoms with E-state index in [2.05, 4.69) is 182 Å². The van der Waals surface area contributed by atoms with Gasteiger partial charge in [0.1, 0.15) is 0 Å². The Hall–Kier alpha value is -7.42. The number of hydrogen-bond donors (Lipinski definition) is 0. The third kappa shape index (κ3) is 8.53. The fraction of sp³-hybridized carbons (Fsp3) is 0.439. The molecular formula is C82H92BF2N5. The maximum absolute atomic E-state index is 19.4. The Bertz CT molecular complexity index is 4190. The molecule has 462 valence electrons. The second kappa shape index (κ2) is 20.8. The maximum atomic E-state index is 19.4. The molecule has 0 saturated carbocycles. The average molecular weight is 1200 g/mol. The van der Waals surface area contributed by atoms with Crippen LogP contribution in [0.25, 0.3) is 55.1 Å². The van der Waals surface area contributed by atoms with Crippen molar-refractivity contribution in [1.29, 1.82) is 5.26 Å². The largest absolute Gasteiger partial charge is 0.642 e. The second-order valence-corrected chi connectivity index (χ2v) is 30.9. The molecule has 3 heterocycles. The first-order valence-electron chi connectivity index (χ1n) is 34.1. The van der Waals surface area contributed by atoms with Gasteiger partial charge < -0.3 is 17.6 Å². The summed E-state index contributed by atoms with van der Waals surface area (Å²) < 4.78 is 41.3. The molecule has 6 aliphatic rings. The third-order valence-corrected chi connectivity index (χ3v) is 24.6. The van der Waals surface area contributed by atoms with E-state index in [0.717, 1.165) is 88.2 Å². The van der Waals surface area contributed by atoms with E-state index in [0.29, 0.717) is 56.0 Å². The van der Waals surface area contributed by atoms with Crippen LogP contribution >= 0.6 is 0 Å². The van der Waals surface area contributed by atoms with Crippen molar-refractivity contribution < 1.29 is 13.1 Å². The van der Waals surface area contributed by atoms with Gasteiger partial charge in [0.2, 0.25) is 5.82 Å². The zero-order chi connectivity index (χ0) is 64.3. The van der Waals surface area contributed by atoms with Crippen LogP contribution in [-0.4, -0.2) is 27.5 Å². The van der Waals surface area contributed by atoms with Crippen LogP contribution < -0.4 is 0 Å². The molecule has 5 nitrogen and oxygen atoms in total. The molecular weight excluding hydrogens is 1100 g/mol. The van der Waals surface area contributed by atoms with Gasteiger partial charge in [-0.3, -0.25) is 0 Å². The molecule has 0 amide bonds. The predicted molar refractivity (Wildman–Crippen MR) is 372 cm³/mol. The van der Waals surface area contributed by atoms with E-state index >= 15 is 8.63 Å². The van der Waals surface area contributed by atoms with Crippen LogP contribution in [0.1, 0.15) is 249 Å². The molecule has 0 spiro atoms. The Balaban J connectivity index is 1.02. The van der Waals surface area contributed by atoms with Crippen molar-refractivity contribution >= 4 is 35.6 Å². The summed E-state index contributed by atoms with van der Waals surface area (Å²) in [7, 11) is 0. The molecule has 0 bridgehead atoms. The zero-order valence-corrected chi connectivity index (χ0v) is 56.6. The van der Waals surface area contributed by atoms with Gasteiger partial charge in [0.05, 0.1) is 29.5 Å². The van der Waals surface area contributed by atoms with E-state index in [-0.39, 0.29) is 55.0 Å². The Morgan fingerprint density at radius 2 is 0.856 bits per heavy atom. The van der Waals surface area contributed by atoms with Crippen molar-refractivity contribution in [2.24, 2.45) is 4.99 Å². The topological polar surface area (TPSA) is 48.4 Å². The normalized spacial score (nSPS) is 20.5. The van der Waals surface area contributed by atoms with Crippen molar-refractivity contribution in [2.45, 2.75) is 231 Å². The fourth-order valence-corrected chi connectivity index (χ4v) is 20.1. The van der Waals surface area contributed by atoms with E-state index < -0.39 is 6.97 Å². The molecule has 4 aliphatic carbocycles. The minimum absolute atomic E-state index is 0.0649. The Kier molecular flexibility index (Phi) is 14.2. The molecule has 7 aromatic rings. The summed E-state index contributed by atoms with van der Waals surface area (Å²) in [4.78, 5) is 9.13. The number of nitrogens with zero attached hydrogens (tertiary/aromatic N) is 5. The highest BCUT2D eigenvalue weighted by molar-refractivity contribution is 6.63. The van der Waals surface area contributed by atoms with Gasteiger partial charge in [0, 0.05) is 16.8 Å². The quantitative estimate of drug-likeness (QED) is 0.0791. The number of hydrogen-bond acceptors (Lipinski definition) is 2. The van der Waals surface area contributed by atoms with Crippen LogP contribution in [0.4, 0.5) is 20.1 Å². The van der Waals surface area contributed by atoms with Crippen LogP contribution in [0.5, 0.6) is 0 Å². The number of rotatable bonds is 14. The first kappa shape index (κ1) is 61.4. The van der Waals surface area contributed by atoms with Crippen molar-refractivity contribution in [3.05, 3.63) is 194 Å². The lowest BCUT2D eigenvalue weighted by Gasteiger charge is -2.33. The molecule has 2 aliphatic heterocycles. The summed E-state index contributed by atoms with van der Waals surface area (Å²) in [6, 6.07) is 41.1. The molecule has 0 atom stereocenters. The summed E-state index contributed by atoms with van der Waals surface area (Å²) in [6.45, 7) is 41.7. The van der Waals surface area contributed by atoms with Gasteiger partial charge in [-0.25, -0.2) is 4.85 Å². The lowest BCUT2D eigenvalue weighted by Crippen LogP contribution is -2.53. The van der Waals surface area contributed by atoms with Crippen LogP contribution in [0.2, 0.25) is 0 Å². The van der Waals surface area contributed by atoms with Gasteiger partial charge in [-0.2, -0.15) is 5.26 Å². The van der Waals surface area contributed by atoms with E-state index in [1.165, 1.54) is 64.6 Å². The average Bonchev–Trinajstić information content (AvgIpc) is 1.53. The number of aliphatic imine (C=N–C) groups is 1. The lowest BCUT2D eigenvalue weighted by molar-refractivity contribution is -0.291. The highest BCUT2D eigenvalue weighted by atomic mass is 19.2. The van der Waals surface area contributed by atoms with Crippen LogP contribution in [-0.2, 0) is 43.3 Å². The molecule has 6 aromatic carbocycles. The van der Waals surface area contributed by atoms with Gasteiger partial charge >= 0.3 is 6.97 Å². The lowest BCUT2D eigenvalue weighted by atomic mass is 9.72. The third-order valence-electron chi connectivity index (χ3n) is 24.6. The molecule has 8 heteroatoms. The number of amidine groups is 1. The molecule has 0 fully saturated rings. The summed E-state index contributed by atoms with van der Waals surface area (Å²) in [6.07, 6.45) is 14.8. The minimum atomic E-state index is -4.68. The summed E-state index contributed by atoms with van der Waals surface area (Å²) in [5.41, 5.74) is 22.3.